The SMILES string of the molecule is CCN(CC)C(=O)c1sc(NC(=S)NCc2ccc(S(N)(=O)=O)cc2)c(C(=O)OC)c1C. The summed E-state index contributed by atoms with van der Waals surface area (Å²) in [5.74, 6) is -0.731. The maximum Gasteiger partial charge on any atom is 0.341 e. The quantitative estimate of drug-likeness (QED) is 0.374. The van der Waals surface area contributed by atoms with E-state index in [1.54, 1.807) is 24.0 Å². The molecule has 0 radical (unpaired) electrons. The number of benzene rings is 1. The van der Waals surface area contributed by atoms with Crippen molar-refractivity contribution in [2.75, 3.05) is 25.5 Å². The fourth-order valence-electron chi connectivity index (χ4n) is 2.93. The molecule has 2 aromatic rings. The molecule has 1 aromatic heterocycles. The first-order valence-electron chi connectivity index (χ1n) is 9.70. The van der Waals surface area contributed by atoms with Gasteiger partial charge in [0.25, 0.3) is 5.91 Å². The Morgan fingerprint density at radius 3 is 2.28 bits per heavy atom. The molecule has 12 heteroatoms. The molecule has 0 fully saturated rings. The van der Waals surface area contributed by atoms with Crippen molar-refractivity contribution in [3.8, 4) is 0 Å². The average molecular weight is 499 g/mol. The van der Waals surface area contributed by atoms with Gasteiger partial charge in [-0.1, -0.05) is 12.1 Å². The molecule has 0 bridgehead atoms. The van der Waals surface area contributed by atoms with E-state index in [1.807, 2.05) is 13.8 Å². The van der Waals surface area contributed by atoms with Crippen molar-refractivity contribution in [2.24, 2.45) is 5.14 Å². The number of carbonyl (C=O) groups excluding carboxylic acids is 2. The Kier molecular flexibility index (Phi) is 8.73. The maximum absolute atomic E-state index is 12.9. The van der Waals surface area contributed by atoms with E-state index in [0.717, 1.165) is 16.9 Å². The molecule has 0 aliphatic carbocycles. The Bertz CT molecular complexity index is 1110. The average Bonchev–Trinajstić information content (AvgIpc) is 3.07. The summed E-state index contributed by atoms with van der Waals surface area (Å²) in [4.78, 5) is 27.4. The van der Waals surface area contributed by atoms with Gasteiger partial charge in [0, 0.05) is 19.6 Å². The third kappa shape index (κ3) is 6.03. The van der Waals surface area contributed by atoms with E-state index in [4.69, 9.17) is 22.1 Å². The molecule has 4 N–H and O–H groups in total. The van der Waals surface area contributed by atoms with Gasteiger partial charge in [0.1, 0.15) is 5.00 Å². The Morgan fingerprint density at radius 1 is 1.19 bits per heavy atom. The van der Waals surface area contributed by atoms with Crippen LogP contribution in [0.2, 0.25) is 0 Å². The van der Waals surface area contributed by atoms with Crippen molar-refractivity contribution in [1.29, 1.82) is 0 Å². The highest BCUT2D eigenvalue weighted by Gasteiger charge is 2.27. The van der Waals surface area contributed by atoms with Gasteiger partial charge in [-0.3, -0.25) is 4.79 Å². The summed E-state index contributed by atoms with van der Waals surface area (Å²) in [6.45, 7) is 6.88. The number of hydrogen-bond donors (Lipinski definition) is 3. The fraction of sp³-hybridized carbons (Fsp3) is 0.350. The molecule has 32 heavy (non-hydrogen) atoms. The van der Waals surface area contributed by atoms with Gasteiger partial charge in [-0.2, -0.15) is 0 Å². The molecule has 0 atom stereocenters. The third-order valence-electron chi connectivity index (χ3n) is 4.71. The molecule has 174 valence electrons. The standard InChI is InChI=1S/C20H26N4O5S3/c1-5-24(6-2)18(25)16-12(3)15(19(26)29-4)17(31-16)23-20(30)22-11-13-7-9-14(10-8-13)32(21,27)28/h7-10H,5-6,11H2,1-4H3,(H2,21,27,28)(H2,22,23,30). The summed E-state index contributed by atoms with van der Waals surface area (Å²) in [7, 11) is -2.48. The van der Waals surface area contributed by atoms with Crippen LogP contribution in [0, 0.1) is 6.92 Å². The number of ether oxygens (including phenoxy) is 1. The molecule has 0 aliphatic heterocycles. The zero-order valence-corrected chi connectivity index (χ0v) is 20.7. The summed E-state index contributed by atoms with van der Waals surface area (Å²) >= 11 is 6.48. The van der Waals surface area contributed by atoms with Crippen LogP contribution >= 0.6 is 23.6 Å². The van der Waals surface area contributed by atoms with E-state index in [-0.39, 0.29) is 21.5 Å². The van der Waals surface area contributed by atoms with E-state index in [0.29, 0.717) is 35.1 Å². The molecular weight excluding hydrogens is 472 g/mol. The van der Waals surface area contributed by atoms with Gasteiger partial charge in [-0.25, -0.2) is 18.4 Å². The van der Waals surface area contributed by atoms with Crippen LogP contribution in [0.3, 0.4) is 0 Å². The van der Waals surface area contributed by atoms with Crippen molar-refractivity contribution in [3.05, 3.63) is 45.8 Å². The monoisotopic (exact) mass is 498 g/mol. The number of nitrogens with one attached hydrogen (secondary N) is 2. The van der Waals surface area contributed by atoms with Gasteiger partial charge in [-0.05, 0) is 56.2 Å². The van der Waals surface area contributed by atoms with Crippen molar-refractivity contribution < 1.29 is 22.7 Å². The molecule has 0 unspecified atom stereocenters. The number of methoxy groups -OCH3 is 1. The van der Waals surface area contributed by atoms with Crippen LogP contribution in [-0.2, 0) is 21.3 Å². The second kappa shape index (κ2) is 10.9. The number of carbonyl (C=O) groups is 2. The highest BCUT2D eigenvalue weighted by atomic mass is 32.2. The molecule has 0 saturated carbocycles. The maximum atomic E-state index is 12.9. The van der Waals surface area contributed by atoms with Gasteiger partial charge < -0.3 is 20.3 Å². The second-order valence-electron chi connectivity index (χ2n) is 6.73. The predicted octanol–water partition coefficient (Wildman–Crippen LogP) is 2.46. The summed E-state index contributed by atoms with van der Waals surface area (Å²) < 4.78 is 27.6. The molecule has 1 aromatic carbocycles. The summed E-state index contributed by atoms with van der Waals surface area (Å²) in [6.07, 6.45) is 0. The van der Waals surface area contributed by atoms with Crippen LogP contribution in [0.25, 0.3) is 0 Å². The van der Waals surface area contributed by atoms with Crippen LogP contribution < -0.4 is 15.8 Å². The zero-order valence-electron chi connectivity index (χ0n) is 18.2. The smallest absolute Gasteiger partial charge is 0.341 e. The molecule has 0 spiro atoms. The van der Waals surface area contributed by atoms with Gasteiger partial charge >= 0.3 is 5.97 Å². The number of sulfonamides is 1. The molecule has 2 rings (SSSR count). The van der Waals surface area contributed by atoms with Crippen LogP contribution in [0.1, 0.15) is 45.0 Å². The molecular formula is C20H26N4O5S3. The summed E-state index contributed by atoms with van der Waals surface area (Å²) in [5, 5.41) is 11.7. The highest BCUT2D eigenvalue weighted by molar-refractivity contribution is 7.89. The van der Waals surface area contributed by atoms with Gasteiger partial charge in [-0.15, -0.1) is 11.3 Å². The largest absolute Gasteiger partial charge is 0.465 e. The molecule has 1 heterocycles. The first-order chi connectivity index (χ1) is 15.0. The predicted molar refractivity (Wildman–Crippen MR) is 129 cm³/mol. The number of thiophene rings is 1. The topological polar surface area (TPSA) is 131 Å². The Labute approximate surface area is 197 Å². The van der Waals surface area contributed by atoms with Gasteiger partial charge in [0.05, 0.1) is 22.4 Å². The molecule has 9 nitrogen and oxygen atoms in total. The Balaban J connectivity index is 2.20. The molecule has 1 amide bonds. The van der Waals surface area contributed by atoms with Crippen molar-refractivity contribution in [2.45, 2.75) is 32.2 Å². The lowest BCUT2D eigenvalue weighted by Gasteiger charge is -2.17. The van der Waals surface area contributed by atoms with Crippen molar-refractivity contribution in [3.63, 3.8) is 0 Å². The summed E-state index contributed by atoms with van der Waals surface area (Å²) in [5.41, 5.74) is 1.56. The first kappa shape index (κ1) is 25.7. The van der Waals surface area contributed by atoms with E-state index in [2.05, 4.69) is 10.6 Å². The Morgan fingerprint density at radius 2 is 1.78 bits per heavy atom. The van der Waals surface area contributed by atoms with Crippen molar-refractivity contribution >= 4 is 55.6 Å². The first-order valence-corrected chi connectivity index (χ1v) is 12.5. The number of thiocarbonyl (C=S) groups is 1. The van der Waals surface area contributed by atoms with E-state index in [9.17, 15) is 18.0 Å². The number of nitrogens with zero attached hydrogens (tertiary/aromatic N) is 1. The number of rotatable bonds is 8. The van der Waals surface area contributed by atoms with Crippen LogP contribution in [0.5, 0.6) is 0 Å². The minimum atomic E-state index is -3.76. The molecule has 0 saturated heterocycles. The number of primary sulfonamides is 1. The van der Waals surface area contributed by atoms with Crippen molar-refractivity contribution in [1.82, 2.24) is 10.2 Å². The van der Waals surface area contributed by atoms with E-state index >= 15 is 0 Å². The number of anilines is 1. The lowest BCUT2D eigenvalue weighted by molar-refractivity contribution is 0.0601. The minimum Gasteiger partial charge on any atom is -0.465 e. The highest BCUT2D eigenvalue weighted by Crippen LogP contribution is 2.34. The van der Waals surface area contributed by atoms with Crippen LogP contribution in [0.15, 0.2) is 29.2 Å². The Hall–Kier alpha value is -2.54. The lowest BCUT2D eigenvalue weighted by atomic mass is 10.1. The number of hydrogen-bond acceptors (Lipinski definition) is 7. The van der Waals surface area contributed by atoms with Crippen LogP contribution in [-0.4, -0.2) is 50.5 Å². The molecule has 0 aliphatic rings. The fourth-order valence-corrected chi connectivity index (χ4v) is 4.86. The van der Waals surface area contributed by atoms with Gasteiger partial charge in [0.2, 0.25) is 10.0 Å². The zero-order chi connectivity index (χ0) is 24.1. The van der Waals surface area contributed by atoms with E-state index < -0.39 is 16.0 Å². The third-order valence-corrected chi connectivity index (χ3v) is 7.08. The number of amides is 1. The second-order valence-corrected chi connectivity index (χ2v) is 9.72. The normalized spacial score (nSPS) is 11.0. The number of nitrogens with two attached hydrogens (primary N) is 1. The summed E-state index contributed by atoms with van der Waals surface area (Å²) in [6, 6.07) is 6.05. The van der Waals surface area contributed by atoms with Crippen LogP contribution in [0.4, 0.5) is 5.00 Å². The number of esters is 1. The lowest BCUT2D eigenvalue weighted by Crippen LogP contribution is -2.30. The van der Waals surface area contributed by atoms with E-state index in [1.165, 1.54) is 19.2 Å². The van der Waals surface area contributed by atoms with Gasteiger partial charge in [0.15, 0.2) is 5.11 Å². The minimum absolute atomic E-state index is 0.0177.